The van der Waals surface area contributed by atoms with Gasteiger partial charge in [0, 0.05) is 19.6 Å². The molecule has 0 aliphatic carbocycles. The third-order valence-electron chi connectivity index (χ3n) is 4.53. The van der Waals surface area contributed by atoms with E-state index in [9.17, 15) is 9.59 Å². The Bertz CT molecular complexity index is 905. The molecular weight excluding hydrogens is 368 g/mol. The second-order valence-corrected chi connectivity index (χ2v) is 7.28. The minimum absolute atomic E-state index is 0.0655. The van der Waals surface area contributed by atoms with Gasteiger partial charge in [0.15, 0.2) is 5.82 Å². The van der Waals surface area contributed by atoms with Gasteiger partial charge in [-0.15, -0.1) is 16.4 Å². The Kier molecular flexibility index (Phi) is 4.92. The molecule has 4 heterocycles. The van der Waals surface area contributed by atoms with E-state index in [2.05, 4.69) is 31.0 Å². The van der Waals surface area contributed by atoms with Crippen molar-refractivity contribution < 1.29 is 9.59 Å². The number of likely N-dealkylation sites (tertiary alicyclic amines) is 1. The van der Waals surface area contributed by atoms with Crippen molar-refractivity contribution in [2.75, 3.05) is 19.6 Å². The number of H-pyrrole nitrogens is 1. The summed E-state index contributed by atoms with van der Waals surface area (Å²) in [4.78, 5) is 27.6. The minimum atomic E-state index is -0.122. The van der Waals surface area contributed by atoms with Gasteiger partial charge >= 0.3 is 0 Å². The van der Waals surface area contributed by atoms with Crippen molar-refractivity contribution in [2.45, 2.75) is 12.8 Å². The number of rotatable bonds is 5. The molecule has 0 spiro atoms. The molecule has 4 rings (SSSR count). The minimum Gasteiger partial charge on any atom is -0.351 e. The summed E-state index contributed by atoms with van der Waals surface area (Å²) in [5.74, 6) is 0.473. The first kappa shape index (κ1) is 17.3. The molecule has 3 aromatic heterocycles. The molecule has 0 radical (unpaired) electrons. The predicted molar refractivity (Wildman–Crippen MR) is 96.6 cm³/mol. The summed E-state index contributed by atoms with van der Waals surface area (Å²) in [6.07, 6.45) is 4.76. The first-order valence-corrected chi connectivity index (χ1v) is 9.48. The van der Waals surface area contributed by atoms with E-state index in [1.807, 2.05) is 11.4 Å². The van der Waals surface area contributed by atoms with Crippen molar-refractivity contribution in [3.63, 3.8) is 0 Å². The van der Waals surface area contributed by atoms with Crippen LogP contribution in [0.5, 0.6) is 0 Å². The molecule has 1 saturated heterocycles. The summed E-state index contributed by atoms with van der Waals surface area (Å²) in [5.41, 5.74) is 0.422. The molecule has 11 heteroatoms. The lowest BCUT2D eigenvalue weighted by atomic mass is 9.97. The van der Waals surface area contributed by atoms with E-state index in [0.29, 0.717) is 35.9 Å². The van der Waals surface area contributed by atoms with Gasteiger partial charge in [0.2, 0.25) is 0 Å². The monoisotopic (exact) mass is 386 g/mol. The molecule has 1 aliphatic heterocycles. The van der Waals surface area contributed by atoms with E-state index in [1.54, 1.807) is 11.0 Å². The van der Waals surface area contributed by atoms with Gasteiger partial charge in [-0.05, 0) is 40.6 Å². The number of amides is 2. The van der Waals surface area contributed by atoms with Crippen molar-refractivity contribution in [1.29, 1.82) is 0 Å². The number of aromatic nitrogens is 6. The average Bonchev–Trinajstić information content (AvgIpc) is 3.46. The van der Waals surface area contributed by atoms with E-state index in [0.717, 1.165) is 12.8 Å². The Morgan fingerprint density at radius 3 is 3.11 bits per heavy atom. The van der Waals surface area contributed by atoms with Crippen LogP contribution in [0, 0.1) is 5.92 Å². The predicted octanol–water partition coefficient (Wildman–Crippen LogP) is 0.729. The Labute approximate surface area is 158 Å². The Morgan fingerprint density at radius 1 is 1.41 bits per heavy atom. The number of hydrogen-bond donors (Lipinski definition) is 2. The third kappa shape index (κ3) is 3.72. The van der Waals surface area contributed by atoms with E-state index in [1.165, 1.54) is 28.5 Å². The van der Waals surface area contributed by atoms with Crippen molar-refractivity contribution in [1.82, 2.24) is 40.6 Å². The van der Waals surface area contributed by atoms with E-state index < -0.39 is 0 Å². The van der Waals surface area contributed by atoms with E-state index >= 15 is 0 Å². The number of carbonyl (C=O) groups is 2. The van der Waals surface area contributed by atoms with Crippen LogP contribution in [0.1, 0.15) is 32.9 Å². The van der Waals surface area contributed by atoms with Crippen LogP contribution in [-0.2, 0) is 0 Å². The summed E-state index contributed by atoms with van der Waals surface area (Å²) < 4.78 is 1.38. The Morgan fingerprint density at radius 2 is 2.33 bits per heavy atom. The fraction of sp³-hybridized carbons (Fsp3) is 0.375. The highest BCUT2D eigenvalue weighted by atomic mass is 32.1. The molecule has 2 N–H and O–H groups in total. The molecule has 10 nitrogen and oxygen atoms in total. The van der Waals surface area contributed by atoms with Gasteiger partial charge in [-0.25, -0.2) is 0 Å². The molecule has 27 heavy (non-hydrogen) atoms. The lowest BCUT2D eigenvalue weighted by Crippen LogP contribution is -2.43. The zero-order chi connectivity index (χ0) is 18.6. The van der Waals surface area contributed by atoms with Crippen molar-refractivity contribution in [3.8, 4) is 5.82 Å². The number of aromatic amines is 1. The second kappa shape index (κ2) is 7.66. The molecule has 1 aliphatic rings. The largest absolute Gasteiger partial charge is 0.351 e. The lowest BCUT2D eigenvalue weighted by Gasteiger charge is -2.32. The molecule has 2 amide bonds. The maximum Gasteiger partial charge on any atom is 0.261 e. The van der Waals surface area contributed by atoms with E-state index in [4.69, 9.17) is 0 Å². The maximum absolute atomic E-state index is 12.9. The van der Waals surface area contributed by atoms with Gasteiger partial charge < -0.3 is 10.2 Å². The number of nitrogens with one attached hydrogen (secondary N) is 2. The van der Waals surface area contributed by atoms with Crippen LogP contribution >= 0.6 is 11.3 Å². The Balaban J connectivity index is 1.39. The molecule has 0 saturated carbocycles. The number of thiophene rings is 1. The summed E-state index contributed by atoms with van der Waals surface area (Å²) in [6, 6.07) is 3.66. The number of hydrogen-bond acceptors (Lipinski definition) is 7. The van der Waals surface area contributed by atoms with Crippen molar-refractivity contribution in [2.24, 2.45) is 5.92 Å². The smallest absolute Gasteiger partial charge is 0.261 e. The molecule has 1 unspecified atom stereocenters. The summed E-state index contributed by atoms with van der Waals surface area (Å²) in [5, 5.41) is 22.5. The van der Waals surface area contributed by atoms with Crippen LogP contribution in [0.4, 0.5) is 0 Å². The molecule has 3 aromatic rings. The standard InChI is InChI=1S/C16H18N8O2S/c25-15(13-4-2-6-27-13)17-7-11-3-1-5-23(9-11)16(26)12-8-18-20-14(12)24-10-19-21-22-24/h2,4,6,8,10-11H,1,3,5,7,9H2,(H,17,25)(H,18,20). The molecule has 1 fully saturated rings. The first-order valence-electron chi connectivity index (χ1n) is 8.60. The maximum atomic E-state index is 12.9. The first-order chi connectivity index (χ1) is 13.2. The van der Waals surface area contributed by atoms with Crippen LogP contribution < -0.4 is 5.32 Å². The normalized spacial score (nSPS) is 17.0. The fourth-order valence-corrected chi connectivity index (χ4v) is 3.83. The van der Waals surface area contributed by atoms with Crippen LogP contribution in [0.25, 0.3) is 5.82 Å². The lowest BCUT2D eigenvalue weighted by molar-refractivity contribution is 0.0671. The fourth-order valence-electron chi connectivity index (χ4n) is 3.19. The third-order valence-corrected chi connectivity index (χ3v) is 5.40. The Hall–Kier alpha value is -3.08. The van der Waals surface area contributed by atoms with Gasteiger partial charge in [-0.2, -0.15) is 9.78 Å². The van der Waals surface area contributed by atoms with Gasteiger partial charge in [-0.3, -0.25) is 14.7 Å². The van der Waals surface area contributed by atoms with E-state index in [-0.39, 0.29) is 17.7 Å². The molecular formula is C16H18N8O2S. The second-order valence-electron chi connectivity index (χ2n) is 6.33. The average molecular weight is 386 g/mol. The molecule has 1 atom stereocenters. The zero-order valence-corrected chi connectivity index (χ0v) is 15.2. The van der Waals surface area contributed by atoms with Gasteiger partial charge in [0.25, 0.3) is 11.8 Å². The van der Waals surface area contributed by atoms with Gasteiger partial charge in [0.1, 0.15) is 11.9 Å². The van der Waals surface area contributed by atoms with Crippen LogP contribution in [0.2, 0.25) is 0 Å². The van der Waals surface area contributed by atoms with Crippen molar-refractivity contribution in [3.05, 3.63) is 40.5 Å². The van der Waals surface area contributed by atoms with Crippen LogP contribution in [0.3, 0.4) is 0 Å². The quantitative estimate of drug-likeness (QED) is 0.667. The molecule has 0 bridgehead atoms. The van der Waals surface area contributed by atoms with Crippen molar-refractivity contribution >= 4 is 23.2 Å². The topological polar surface area (TPSA) is 122 Å². The number of piperidine rings is 1. The summed E-state index contributed by atoms with van der Waals surface area (Å²) in [6.45, 7) is 1.81. The zero-order valence-electron chi connectivity index (χ0n) is 14.4. The van der Waals surface area contributed by atoms with Crippen LogP contribution in [0.15, 0.2) is 30.0 Å². The number of carbonyl (C=O) groups excluding carboxylic acids is 2. The highest BCUT2D eigenvalue weighted by molar-refractivity contribution is 7.12. The molecule has 0 aromatic carbocycles. The SMILES string of the molecule is O=C(NCC1CCCN(C(=O)c2cn[nH]c2-n2cnnn2)C1)c1cccs1. The van der Waals surface area contributed by atoms with Gasteiger partial charge in [-0.1, -0.05) is 6.07 Å². The summed E-state index contributed by atoms with van der Waals surface area (Å²) >= 11 is 1.42. The summed E-state index contributed by atoms with van der Waals surface area (Å²) in [7, 11) is 0. The van der Waals surface area contributed by atoms with Gasteiger partial charge in [0.05, 0.1) is 11.1 Å². The number of tetrazole rings is 1. The highest BCUT2D eigenvalue weighted by Gasteiger charge is 2.27. The highest BCUT2D eigenvalue weighted by Crippen LogP contribution is 2.20. The number of nitrogens with zero attached hydrogens (tertiary/aromatic N) is 6. The van der Waals surface area contributed by atoms with Crippen LogP contribution in [-0.4, -0.2) is 66.8 Å². The molecule has 140 valence electrons.